The first-order valence-corrected chi connectivity index (χ1v) is 8.99. The summed E-state index contributed by atoms with van der Waals surface area (Å²) < 4.78 is 0. The van der Waals surface area contributed by atoms with Crippen LogP contribution >= 0.6 is 0 Å². The molecule has 2 rings (SSSR count). The lowest BCUT2D eigenvalue weighted by molar-refractivity contribution is -0.121. The van der Waals surface area contributed by atoms with Crippen LogP contribution in [0.5, 0.6) is 0 Å². The van der Waals surface area contributed by atoms with E-state index < -0.39 is 0 Å². The fourth-order valence-corrected chi connectivity index (χ4v) is 3.32. The molecular weight excluding hydrogens is 300 g/mol. The Bertz CT molecular complexity index is 566. The van der Waals surface area contributed by atoms with Crippen molar-refractivity contribution in [3.63, 3.8) is 0 Å². The molecule has 0 saturated heterocycles. The molecule has 5 nitrogen and oxygen atoms in total. The Morgan fingerprint density at radius 2 is 2.17 bits per heavy atom. The molecule has 1 aliphatic carbocycles. The van der Waals surface area contributed by atoms with E-state index in [1.165, 1.54) is 32.1 Å². The number of nitrogens with one attached hydrogen (secondary N) is 1. The normalized spacial score (nSPS) is 16.5. The molecule has 132 valence electrons. The van der Waals surface area contributed by atoms with Crippen molar-refractivity contribution >= 4 is 11.9 Å². The van der Waals surface area contributed by atoms with Crippen LogP contribution in [0.2, 0.25) is 0 Å². The fraction of sp³-hybridized carbons (Fsp3) is 0.632. The van der Waals surface area contributed by atoms with Gasteiger partial charge in [0.15, 0.2) is 0 Å². The summed E-state index contributed by atoms with van der Waals surface area (Å²) >= 11 is 0. The second kappa shape index (κ2) is 8.81. The van der Waals surface area contributed by atoms with E-state index in [0.29, 0.717) is 18.9 Å². The van der Waals surface area contributed by atoms with Gasteiger partial charge in [0.25, 0.3) is 0 Å². The molecule has 24 heavy (non-hydrogen) atoms. The van der Waals surface area contributed by atoms with E-state index in [1.807, 2.05) is 20.0 Å². The van der Waals surface area contributed by atoms with Crippen LogP contribution < -0.4 is 10.2 Å². The van der Waals surface area contributed by atoms with Crippen molar-refractivity contribution < 1.29 is 4.79 Å². The van der Waals surface area contributed by atoms with Crippen LogP contribution in [0.1, 0.15) is 69.2 Å². The zero-order chi connectivity index (χ0) is 17.5. The molecule has 1 heterocycles. The quantitative estimate of drug-likeness (QED) is 0.775. The summed E-state index contributed by atoms with van der Waals surface area (Å²) in [4.78, 5) is 23.3. The first-order chi connectivity index (χ1) is 11.5. The lowest BCUT2D eigenvalue weighted by Crippen LogP contribution is -2.35. The Kier molecular flexibility index (Phi) is 6.76. The highest BCUT2D eigenvalue weighted by molar-refractivity contribution is 5.76. The minimum Gasteiger partial charge on any atom is -0.349 e. The highest BCUT2D eigenvalue weighted by Gasteiger charge is 2.21. The molecule has 0 radical (unpaired) electrons. The Morgan fingerprint density at radius 1 is 1.46 bits per heavy atom. The summed E-state index contributed by atoms with van der Waals surface area (Å²) in [5, 5.41) is 3.00. The molecule has 1 aliphatic rings. The average Bonchev–Trinajstić information content (AvgIpc) is 2.59. The number of anilines is 1. The fourth-order valence-electron chi connectivity index (χ4n) is 3.32. The highest BCUT2D eigenvalue weighted by Crippen LogP contribution is 2.25. The number of amides is 1. The number of aryl methyl sites for hydroxylation is 1. The Hall–Kier alpha value is -1.91. The molecule has 1 aromatic rings. The van der Waals surface area contributed by atoms with Gasteiger partial charge in [0.2, 0.25) is 11.9 Å². The van der Waals surface area contributed by atoms with Crippen molar-refractivity contribution in [1.29, 1.82) is 0 Å². The second-order valence-corrected chi connectivity index (χ2v) is 6.73. The third-order valence-corrected chi connectivity index (χ3v) is 4.86. The number of carbonyl (C=O) groups excluding carboxylic acids is 1. The van der Waals surface area contributed by atoms with Gasteiger partial charge in [-0.3, -0.25) is 4.79 Å². The standard InChI is InChI=1S/C19H30N4O/c1-5-6-12-18(24)21-14(2)17-13-20-19(22-15(17)3)23(4)16-10-8-7-9-11-16/h5,13-14,16H,1,6-12H2,2-4H3,(H,21,24). The van der Waals surface area contributed by atoms with E-state index in [1.54, 1.807) is 6.08 Å². The zero-order valence-electron chi connectivity index (χ0n) is 15.2. The van der Waals surface area contributed by atoms with Crippen LogP contribution in [-0.4, -0.2) is 29.0 Å². The van der Waals surface area contributed by atoms with E-state index in [9.17, 15) is 4.79 Å². The third-order valence-electron chi connectivity index (χ3n) is 4.86. The molecule has 5 heteroatoms. The monoisotopic (exact) mass is 330 g/mol. The van der Waals surface area contributed by atoms with E-state index in [4.69, 9.17) is 0 Å². The van der Waals surface area contributed by atoms with Crippen molar-refractivity contribution in [2.75, 3.05) is 11.9 Å². The molecule has 1 fully saturated rings. The highest BCUT2D eigenvalue weighted by atomic mass is 16.1. The van der Waals surface area contributed by atoms with Crippen LogP contribution in [0.25, 0.3) is 0 Å². The third kappa shape index (κ3) is 4.79. The van der Waals surface area contributed by atoms with E-state index in [-0.39, 0.29) is 11.9 Å². The van der Waals surface area contributed by atoms with Gasteiger partial charge in [-0.2, -0.15) is 0 Å². The van der Waals surface area contributed by atoms with Crippen LogP contribution in [0.4, 0.5) is 5.95 Å². The van der Waals surface area contributed by atoms with Crippen molar-refractivity contribution in [2.45, 2.75) is 70.9 Å². The summed E-state index contributed by atoms with van der Waals surface area (Å²) in [7, 11) is 2.09. The SMILES string of the molecule is C=CCCC(=O)NC(C)c1cnc(N(C)C2CCCCC2)nc1C. The molecule has 1 saturated carbocycles. The number of carbonyl (C=O) groups is 1. The molecule has 0 aliphatic heterocycles. The number of nitrogens with zero attached hydrogens (tertiary/aromatic N) is 3. The maximum absolute atomic E-state index is 11.9. The van der Waals surface area contributed by atoms with Gasteiger partial charge < -0.3 is 10.2 Å². The number of hydrogen-bond acceptors (Lipinski definition) is 4. The molecule has 1 N–H and O–H groups in total. The van der Waals surface area contributed by atoms with E-state index >= 15 is 0 Å². The second-order valence-electron chi connectivity index (χ2n) is 6.73. The van der Waals surface area contributed by atoms with Gasteiger partial charge in [0.1, 0.15) is 0 Å². The summed E-state index contributed by atoms with van der Waals surface area (Å²) in [6.07, 6.45) is 11.1. The molecule has 1 unspecified atom stereocenters. The Labute approximate surface area is 145 Å². The minimum absolute atomic E-state index is 0.0326. The summed E-state index contributed by atoms with van der Waals surface area (Å²) in [6.45, 7) is 7.61. The molecule has 1 atom stereocenters. The predicted octanol–water partition coefficient (Wildman–Crippen LogP) is 3.70. The lowest BCUT2D eigenvalue weighted by Gasteiger charge is -2.31. The van der Waals surface area contributed by atoms with E-state index in [2.05, 4.69) is 33.8 Å². The molecular formula is C19H30N4O. The van der Waals surface area contributed by atoms with Crippen molar-refractivity contribution in [3.05, 3.63) is 30.1 Å². The largest absolute Gasteiger partial charge is 0.349 e. The summed E-state index contributed by atoms with van der Waals surface area (Å²) in [5.41, 5.74) is 1.90. The van der Waals surface area contributed by atoms with Gasteiger partial charge in [-0.25, -0.2) is 9.97 Å². The van der Waals surface area contributed by atoms with Gasteiger partial charge >= 0.3 is 0 Å². The van der Waals surface area contributed by atoms with Crippen molar-refractivity contribution in [2.24, 2.45) is 0 Å². The van der Waals surface area contributed by atoms with Crippen molar-refractivity contribution in [3.8, 4) is 0 Å². The number of aromatic nitrogens is 2. The van der Waals surface area contributed by atoms with Gasteiger partial charge in [-0.1, -0.05) is 25.3 Å². The Morgan fingerprint density at radius 3 is 2.79 bits per heavy atom. The number of allylic oxidation sites excluding steroid dienone is 1. The molecule has 1 amide bonds. The molecule has 0 aromatic carbocycles. The smallest absolute Gasteiger partial charge is 0.225 e. The average molecular weight is 330 g/mol. The number of rotatable bonds is 7. The van der Waals surface area contributed by atoms with Crippen molar-refractivity contribution in [1.82, 2.24) is 15.3 Å². The van der Waals surface area contributed by atoms with Gasteiger partial charge in [-0.05, 0) is 33.1 Å². The van der Waals surface area contributed by atoms with E-state index in [0.717, 1.165) is 17.2 Å². The molecule has 1 aromatic heterocycles. The van der Waals surface area contributed by atoms with Gasteiger partial charge in [0.05, 0.1) is 6.04 Å². The van der Waals surface area contributed by atoms with Crippen LogP contribution in [-0.2, 0) is 4.79 Å². The predicted molar refractivity (Wildman–Crippen MR) is 98.0 cm³/mol. The first-order valence-electron chi connectivity index (χ1n) is 8.99. The van der Waals surface area contributed by atoms with Crippen LogP contribution in [0.3, 0.4) is 0 Å². The zero-order valence-corrected chi connectivity index (χ0v) is 15.2. The van der Waals surface area contributed by atoms with Crippen LogP contribution in [0, 0.1) is 6.92 Å². The number of hydrogen-bond donors (Lipinski definition) is 1. The molecule has 0 spiro atoms. The molecule has 0 bridgehead atoms. The van der Waals surface area contributed by atoms with Gasteiger partial charge in [0, 0.05) is 37.0 Å². The van der Waals surface area contributed by atoms with Crippen LogP contribution in [0.15, 0.2) is 18.9 Å². The topological polar surface area (TPSA) is 58.1 Å². The summed E-state index contributed by atoms with van der Waals surface area (Å²) in [6, 6.07) is 0.455. The Balaban J connectivity index is 2.02. The lowest BCUT2D eigenvalue weighted by atomic mass is 9.95. The maximum Gasteiger partial charge on any atom is 0.225 e. The minimum atomic E-state index is -0.0867. The maximum atomic E-state index is 11.9. The summed E-state index contributed by atoms with van der Waals surface area (Å²) in [5.74, 6) is 0.818. The first kappa shape index (κ1) is 18.4. The van der Waals surface area contributed by atoms with Gasteiger partial charge in [-0.15, -0.1) is 6.58 Å².